The first-order valence-electron chi connectivity index (χ1n) is 11.5. The van der Waals surface area contributed by atoms with Gasteiger partial charge >= 0.3 is 18.4 Å². The molecular weight excluding hydrogens is 586 g/mol. The van der Waals surface area contributed by atoms with Gasteiger partial charge in [-0.25, -0.2) is 19.4 Å². The number of aliphatic hydroxyl groups is 1. The first-order chi connectivity index (χ1) is 19.1. The van der Waals surface area contributed by atoms with E-state index in [1.54, 1.807) is 0 Å². The van der Waals surface area contributed by atoms with Gasteiger partial charge in [0.15, 0.2) is 17.7 Å². The zero-order chi connectivity index (χ0) is 30.4. The average Bonchev–Trinajstić information content (AvgIpc) is 3.37. The van der Waals surface area contributed by atoms with Crippen molar-refractivity contribution in [2.45, 2.75) is 37.8 Å². The molecule has 0 saturated carbocycles. The number of halogens is 7. The van der Waals surface area contributed by atoms with Gasteiger partial charge in [0.05, 0.1) is 25.2 Å². The summed E-state index contributed by atoms with van der Waals surface area (Å²) < 4.78 is 77.3. The quantitative estimate of drug-likeness (QED) is 0.164. The number of alkyl halides is 6. The smallest absolute Gasteiger partial charge is 0.382 e. The molecule has 220 valence electrons. The molecule has 0 saturated heterocycles. The van der Waals surface area contributed by atoms with Gasteiger partial charge in [0, 0.05) is 23.2 Å². The zero-order valence-corrected chi connectivity index (χ0v) is 21.4. The summed E-state index contributed by atoms with van der Waals surface area (Å²) in [5, 5.41) is 26.7. The third kappa shape index (κ3) is 9.14. The van der Waals surface area contributed by atoms with Crippen LogP contribution in [0.25, 0.3) is 5.82 Å². The highest BCUT2D eigenvalue weighted by atomic mass is 35.5. The summed E-state index contributed by atoms with van der Waals surface area (Å²) in [6.45, 7) is -1.73. The number of anilines is 1. The number of amides is 3. The van der Waals surface area contributed by atoms with Crippen LogP contribution in [0.15, 0.2) is 48.9 Å². The predicted octanol–water partition coefficient (Wildman–Crippen LogP) is 4.06. The van der Waals surface area contributed by atoms with Crippen molar-refractivity contribution < 1.29 is 41.0 Å². The van der Waals surface area contributed by atoms with E-state index in [1.165, 1.54) is 42.6 Å². The summed E-state index contributed by atoms with van der Waals surface area (Å²) in [7, 11) is 0. The molecule has 2 heterocycles. The Hall–Kier alpha value is -4.25. The van der Waals surface area contributed by atoms with E-state index in [9.17, 15) is 41.0 Å². The van der Waals surface area contributed by atoms with E-state index >= 15 is 0 Å². The third-order valence-electron chi connectivity index (χ3n) is 5.22. The second-order valence-electron chi connectivity index (χ2n) is 8.33. The van der Waals surface area contributed by atoms with E-state index in [0.717, 1.165) is 11.0 Å². The lowest BCUT2D eigenvalue weighted by molar-refractivity contribution is -0.204. The lowest BCUT2D eigenvalue weighted by atomic mass is 10.2. The molecule has 0 aliphatic rings. The molecule has 1 atom stereocenters. The number of carbonyl (C=O) groups excluding carboxylic acids is 2. The maximum absolute atomic E-state index is 13.0. The number of amidine groups is 1. The largest absolute Gasteiger partial charge is 0.416 e. The third-order valence-corrected chi connectivity index (χ3v) is 5.47. The number of hydrogen-bond donors (Lipinski definition) is 4. The highest BCUT2D eigenvalue weighted by molar-refractivity contribution is 6.30. The number of pyridine rings is 1. The Bertz CT molecular complexity index is 1380. The second-order valence-corrected chi connectivity index (χ2v) is 8.76. The average molecular weight is 607 g/mol. The maximum Gasteiger partial charge on any atom is 0.416 e. The Kier molecular flexibility index (Phi) is 9.88. The van der Waals surface area contributed by atoms with Crippen molar-refractivity contribution in [2.24, 2.45) is 0 Å². The molecular formula is C23H21ClF6N8O3. The van der Waals surface area contributed by atoms with Gasteiger partial charge in [-0.1, -0.05) is 11.6 Å². The first-order valence-corrected chi connectivity index (χ1v) is 11.9. The van der Waals surface area contributed by atoms with Crippen LogP contribution < -0.4 is 10.6 Å². The molecule has 0 unspecified atom stereocenters. The summed E-state index contributed by atoms with van der Waals surface area (Å²) >= 11 is 5.80. The lowest BCUT2D eigenvalue weighted by Gasteiger charge is -2.26. The standard InChI is InChI=1S/C23H21ClF6N8O3/c24-14-5-3-13(4-6-14)19(31)37(11-16(39)23(28,29)30)21(41)33-10-17-34-12-38(36-17)20-15(2-1-9-32-20)35-18(40)7-8-22(25,26)27/h1-6,9,12,16,31,39H,7-8,10-11H2,(H,33,41)(H,35,40)/t16-/m0/s1. The number of carbonyl (C=O) groups is 2. The van der Waals surface area contributed by atoms with Gasteiger partial charge in [0.25, 0.3) is 0 Å². The Morgan fingerprint density at radius 2 is 1.78 bits per heavy atom. The van der Waals surface area contributed by atoms with Crippen LogP contribution in [0, 0.1) is 5.41 Å². The van der Waals surface area contributed by atoms with Gasteiger partial charge < -0.3 is 15.7 Å². The molecule has 0 fully saturated rings. The molecule has 41 heavy (non-hydrogen) atoms. The summed E-state index contributed by atoms with van der Waals surface area (Å²) in [6, 6.07) is 6.94. The van der Waals surface area contributed by atoms with Crippen molar-refractivity contribution in [3.63, 3.8) is 0 Å². The zero-order valence-electron chi connectivity index (χ0n) is 20.7. The minimum absolute atomic E-state index is 0.0163. The molecule has 0 spiro atoms. The summed E-state index contributed by atoms with van der Waals surface area (Å²) in [4.78, 5) is 33.1. The van der Waals surface area contributed by atoms with Crippen LogP contribution in [0.1, 0.15) is 24.2 Å². The van der Waals surface area contributed by atoms with Crippen molar-refractivity contribution in [3.8, 4) is 5.82 Å². The highest BCUT2D eigenvalue weighted by Crippen LogP contribution is 2.23. The Balaban J connectivity index is 1.72. The van der Waals surface area contributed by atoms with Crippen LogP contribution in [-0.2, 0) is 11.3 Å². The molecule has 3 amide bonds. The number of hydrogen-bond acceptors (Lipinski definition) is 7. The maximum atomic E-state index is 13.0. The highest BCUT2D eigenvalue weighted by Gasteiger charge is 2.41. The van der Waals surface area contributed by atoms with E-state index in [2.05, 4.69) is 25.7 Å². The van der Waals surface area contributed by atoms with Gasteiger partial charge in [-0.3, -0.25) is 15.1 Å². The fraction of sp³-hybridized carbons (Fsp3) is 0.304. The van der Waals surface area contributed by atoms with Crippen molar-refractivity contribution >= 4 is 35.1 Å². The fourth-order valence-electron chi connectivity index (χ4n) is 3.19. The van der Waals surface area contributed by atoms with Crippen LogP contribution in [0.5, 0.6) is 0 Å². The topological polar surface area (TPSA) is 149 Å². The first kappa shape index (κ1) is 31.3. The molecule has 0 radical (unpaired) electrons. The number of aromatic nitrogens is 4. The molecule has 3 aromatic rings. The number of aliphatic hydroxyl groups excluding tert-OH is 1. The van der Waals surface area contributed by atoms with E-state index in [0.29, 0.717) is 4.90 Å². The minimum Gasteiger partial charge on any atom is -0.382 e. The van der Waals surface area contributed by atoms with E-state index in [-0.39, 0.29) is 27.9 Å². The molecule has 18 heteroatoms. The molecule has 4 N–H and O–H groups in total. The normalized spacial score (nSPS) is 12.5. The molecule has 0 bridgehead atoms. The van der Waals surface area contributed by atoms with Crippen LogP contribution in [0.3, 0.4) is 0 Å². The van der Waals surface area contributed by atoms with Crippen molar-refractivity contribution in [3.05, 3.63) is 65.3 Å². The number of urea groups is 1. The fourth-order valence-corrected chi connectivity index (χ4v) is 3.32. The van der Waals surface area contributed by atoms with Gasteiger partial charge in [-0.15, -0.1) is 5.10 Å². The van der Waals surface area contributed by atoms with E-state index < -0.39 is 62.2 Å². The van der Waals surface area contributed by atoms with Crippen LogP contribution >= 0.6 is 11.6 Å². The summed E-state index contributed by atoms with van der Waals surface area (Å²) in [5.41, 5.74) is 0.0603. The second kappa shape index (κ2) is 12.9. The SMILES string of the molecule is N=C(c1ccc(Cl)cc1)N(C[C@H](O)C(F)(F)F)C(=O)NCc1ncn(-c2ncccc2NC(=O)CCC(F)(F)F)n1. The van der Waals surface area contributed by atoms with Crippen LogP contribution in [0.2, 0.25) is 5.02 Å². The minimum atomic E-state index is -5.07. The molecule has 0 aliphatic carbocycles. The van der Waals surface area contributed by atoms with Crippen molar-refractivity contribution in [2.75, 3.05) is 11.9 Å². The van der Waals surface area contributed by atoms with Gasteiger partial charge in [-0.05, 0) is 36.4 Å². The van der Waals surface area contributed by atoms with Gasteiger partial charge in [-0.2, -0.15) is 26.3 Å². The molecule has 1 aromatic carbocycles. The van der Waals surface area contributed by atoms with Gasteiger partial charge in [0.2, 0.25) is 5.91 Å². The Labute approximate surface area is 232 Å². The Morgan fingerprint density at radius 1 is 1.10 bits per heavy atom. The summed E-state index contributed by atoms with van der Waals surface area (Å²) in [5.74, 6) is -1.67. The predicted molar refractivity (Wildman–Crippen MR) is 132 cm³/mol. The number of rotatable bonds is 9. The summed E-state index contributed by atoms with van der Waals surface area (Å²) in [6.07, 6.45) is -12.3. The molecule has 2 aromatic heterocycles. The monoisotopic (exact) mass is 606 g/mol. The Morgan fingerprint density at radius 3 is 2.41 bits per heavy atom. The van der Waals surface area contributed by atoms with E-state index in [1.807, 2.05) is 0 Å². The van der Waals surface area contributed by atoms with Gasteiger partial charge in [0.1, 0.15) is 12.2 Å². The van der Waals surface area contributed by atoms with Crippen LogP contribution in [0.4, 0.5) is 36.8 Å². The van der Waals surface area contributed by atoms with Crippen LogP contribution in [-0.4, -0.2) is 72.5 Å². The molecule has 0 aliphatic heterocycles. The molecule has 3 rings (SSSR count). The van der Waals surface area contributed by atoms with Crippen molar-refractivity contribution in [1.82, 2.24) is 30.0 Å². The van der Waals surface area contributed by atoms with Crippen molar-refractivity contribution in [1.29, 1.82) is 5.41 Å². The molecule has 11 nitrogen and oxygen atoms in total. The van der Waals surface area contributed by atoms with E-state index in [4.69, 9.17) is 17.0 Å². The lowest BCUT2D eigenvalue weighted by Crippen LogP contribution is -2.50. The number of benzene rings is 1. The number of nitrogens with one attached hydrogen (secondary N) is 3. The number of nitrogens with zero attached hydrogens (tertiary/aromatic N) is 5.